The number of halogens is 4. The lowest BCUT2D eigenvalue weighted by Crippen LogP contribution is -2.23. The van der Waals surface area contributed by atoms with E-state index in [-0.39, 0.29) is 17.9 Å². The van der Waals surface area contributed by atoms with E-state index in [2.05, 4.69) is 31.1 Å². The number of nitrogens with zero attached hydrogens (tertiary/aromatic N) is 2. The van der Waals surface area contributed by atoms with Crippen LogP contribution in [-0.4, -0.2) is 28.5 Å². The molecule has 2 rings (SSSR count). The molecule has 0 saturated heterocycles. The summed E-state index contributed by atoms with van der Waals surface area (Å²) in [6.45, 7) is 1.43. The second-order valence-electron chi connectivity index (χ2n) is 4.89. The van der Waals surface area contributed by atoms with Crippen LogP contribution in [0.25, 0.3) is 0 Å². The largest absolute Gasteiger partial charge is 0.484 e. The molecule has 0 saturated carbocycles. The topological polar surface area (TPSA) is 56.2 Å². The molecule has 1 amide bonds. The van der Waals surface area contributed by atoms with Gasteiger partial charge in [0.05, 0.1) is 16.7 Å². The Kier molecular flexibility index (Phi) is 5.87. The molecule has 1 N–H and O–H groups in total. The zero-order chi connectivity index (χ0) is 17.7. The second kappa shape index (κ2) is 7.69. The Morgan fingerprint density at radius 3 is 2.79 bits per heavy atom. The summed E-state index contributed by atoms with van der Waals surface area (Å²) in [5, 5.41) is 6.94. The quantitative estimate of drug-likeness (QED) is 0.799. The van der Waals surface area contributed by atoms with E-state index in [1.165, 1.54) is 24.3 Å². The molecule has 130 valence electrons. The molecule has 5 nitrogen and oxygen atoms in total. The molecule has 1 aromatic heterocycles. The number of alkyl halides is 3. The third kappa shape index (κ3) is 5.26. The van der Waals surface area contributed by atoms with Crippen molar-refractivity contribution in [1.29, 1.82) is 0 Å². The van der Waals surface area contributed by atoms with E-state index in [0.717, 1.165) is 4.47 Å². The van der Waals surface area contributed by atoms with Gasteiger partial charge in [0.25, 0.3) is 5.91 Å². The number of carbonyl (C=O) groups excluding carboxylic acids is 1. The third-order valence-corrected chi connectivity index (χ3v) is 3.69. The smallest absolute Gasteiger partial charge is 0.422 e. The van der Waals surface area contributed by atoms with Crippen molar-refractivity contribution < 1.29 is 22.7 Å². The van der Waals surface area contributed by atoms with Gasteiger partial charge in [0.1, 0.15) is 5.75 Å². The van der Waals surface area contributed by atoms with Gasteiger partial charge in [0, 0.05) is 18.3 Å². The first-order valence-corrected chi connectivity index (χ1v) is 7.87. The minimum absolute atomic E-state index is 0.0172. The van der Waals surface area contributed by atoms with Crippen LogP contribution in [0.15, 0.2) is 34.9 Å². The maximum atomic E-state index is 12.2. The van der Waals surface area contributed by atoms with Gasteiger partial charge in [-0.3, -0.25) is 9.48 Å². The van der Waals surface area contributed by atoms with Crippen LogP contribution in [0.1, 0.15) is 23.0 Å². The molecule has 0 fully saturated rings. The average Bonchev–Trinajstić information content (AvgIpc) is 2.90. The molecule has 0 aliphatic heterocycles. The van der Waals surface area contributed by atoms with Gasteiger partial charge in [-0.2, -0.15) is 18.3 Å². The van der Waals surface area contributed by atoms with E-state index in [9.17, 15) is 18.0 Å². The fourth-order valence-corrected chi connectivity index (χ4v) is 2.33. The highest BCUT2D eigenvalue weighted by molar-refractivity contribution is 9.10. The first-order valence-electron chi connectivity index (χ1n) is 7.08. The van der Waals surface area contributed by atoms with Gasteiger partial charge < -0.3 is 10.1 Å². The standard InChI is InChI=1S/C15H15BrF3N3O2/c1-2-22-8-12(16)13(21-22)7-20-14(23)10-4-3-5-11(6-10)24-9-15(17,18)19/h3-6,8H,2,7,9H2,1H3,(H,20,23). The molecule has 0 radical (unpaired) electrons. The summed E-state index contributed by atoms with van der Waals surface area (Å²) < 4.78 is 43.6. The van der Waals surface area contributed by atoms with E-state index >= 15 is 0 Å². The van der Waals surface area contributed by atoms with Crippen molar-refractivity contribution in [3.8, 4) is 5.75 Å². The number of amides is 1. The van der Waals surface area contributed by atoms with Crippen LogP contribution in [0.4, 0.5) is 13.2 Å². The molecule has 0 spiro atoms. The first kappa shape index (κ1) is 18.3. The van der Waals surface area contributed by atoms with Crippen LogP contribution in [0.2, 0.25) is 0 Å². The second-order valence-corrected chi connectivity index (χ2v) is 5.75. The molecule has 1 heterocycles. The fraction of sp³-hybridized carbons (Fsp3) is 0.333. The number of hydrogen-bond donors (Lipinski definition) is 1. The highest BCUT2D eigenvalue weighted by atomic mass is 79.9. The van der Waals surface area contributed by atoms with Crippen LogP contribution in [0, 0.1) is 0 Å². The van der Waals surface area contributed by atoms with Crippen LogP contribution < -0.4 is 10.1 Å². The van der Waals surface area contributed by atoms with Gasteiger partial charge in [-0.25, -0.2) is 0 Å². The lowest BCUT2D eigenvalue weighted by Gasteiger charge is -2.10. The number of nitrogens with one attached hydrogen (secondary N) is 1. The Morgan fingerprint density at radius 2 is 2.17 bits per heavy atom. The Labute approximate surface area is 144 Å². The van der Waals surface area contributed by atoms with E-state index in [0.29, 0.717) is 12.2 Å². The van der Waals surface area contributed by atoms with Gasteiger partial charge in [-0.05, 0) is 41.1 Å². The Hall–Kier alpha value is -2.03. The molecule has 2 aromatic rings. The third-order valence-electron chi connectivity index (χ3n) is 3.03. The molecule has 24 heavy (non-hydrogen) atoms. The van der Waals surface area contributed by atoms with E-state index in [1.54, 1.807) is 10.9 Å². The number of hydrogen-bond acceptors (Lipinski definition) is 3. The summed E-state index contributed by atoms with van der Waals surface area (Å²) in [7, 11) is 0. The lowest BCUT2D eigenvalue weighted by atomic mass is 10.2. The summed E-state index contributed by atoms with van der Waals surface area (Å²) in [6.07, 6.45) is -2.63. The van der Waals surface area contributed by atoms with E-state index < -0.39 is 18.7 Å². The van der Waals surface area contributed by atoms with Crippen LogP contribution >= 0.6 is 15.9 Å². The predicted molar refractivity (Wildman–Crippen MR) is 84.8 cm³/mol. The number of ether oxygens (including phenoxy) is 1. The van der Waals surface area contributed by atoms with Crippen molar-refractivity contribution in [3.05, 3.63) is 46.2 Å². The predicted octanol–water partition coefficient (Wildman–Crippen LogP) is 3.54. The number of aromatic nitrogens is 2. The SMILES string of the molecule is CCn1cc(Br)c(CNC(=O)c2cccc(OCC(F)(F)F)c2)n1. The van der Waals surface area contributed by atoms with E-state index in [4.69, 9.17) is 0 Å². The Balaban J connectivity index is 1.98. The summed E-state index contributed by atoms with van der Waals surface area (Å²) in [6, 6.07) is 5.58. The maximum absolute atomic E-state index is 12.2. The highest BCUT2D eigenvalue weighted by Crippen LogP contribution is 2.20. The van der Waals surface area contributed by atoms with Crippen molar-refractivity contribution in [2.75, 3.05) is 6.61 Å². The number of rotatable bonds is 6. The zero-order valence-electron chi connectivity index (χ0n) is 12.7. The van der Waals surface area contributed by atoms with Crippen molar-refractivity contribution in [2.45, 2.75) is 26.2 Å². The Morgan fingerprint density at radius 1 is 1.42 bits per heavy atom. The fourth-order valence-electron chi connectivity index (χ4n) is 1.88. The molecule has 0 unspecified atom stereocenters. The summed E-state index contributed by atoms with van der Waals surface area (Å²) in [5.74, 6) is -0.443. The highest BCUT2D eigenvalue weighted by Gasteiger charge is 2.28. The van der Waals surface area contributed by atoms with E-state index in [1.807, 2.05) is 6.92 Å². The van der Waals surface area contributed by atoms with Gasteiger partial charge in [-0.1, -0.05) is 6.07 Å². The molecule has 0 aliphatic carbocycles. The Bertz CT molecular complexity index is 716. The summed E-state index contributed by atoms with van der Waals surface area (Å²) in [5.41, 5.74) is 0.871. The number of aryl methyl sites for hydroxylation is 1. The van der Waals surface area contributed by atoms with Crippen molar-refractivity contribution in [3.63, 3.8) is 0 Å². The van der Waals surface area contributed by atoms with Crippen molar-refractivity contribution in [2.24, 2.45) is 0 Å². The number of carbonyl (C=O) groups is 1. The lowest BCUT2D eigenvalue weighted by molar-refractivity contribution is -0.153. The van der Waals surface area contributed by atoms with Gasteiger partial charge in [0.2, 0.25) is 0 Å². The molecule has 1 aromatic carbocycles. The van der Waals surface area contributed by atoms with Crippen LogP contribution in [0.5, 0.6) is 5.75 Å². The first-order chi connectivity index (χ1) is 11.3. The molecular formula is C15H15BrF3N3O2. The van der Waals surface area contributed by atoms with Crippen molar-refractivity contribution >= 4 is 21.8 Å². The van der Waals surface area contributed by atoms with Crippen LogP contribution in [-0.2, 0) is 13.1 Å². The molecular weight excluding hydrogens is 391 g/mol. The molecule has 0 bridgehead atoms. The zero-order valence-corrected chi connectivity index (χ0v) is 14.3. The average molecular weight is 406 g/mol. The van der Waals surface area contributed by atoms with Crippen molar-refractivity contribution in [1.82, 2.24) is 15.1 Å². The van der Waals surface area contributed by atoms with Gasteiger partial charge >= 0.3 is 6.18 Å². The summed E-state index contributed by atoms with van der Waals surface area (Å²) >= 11 is 3.35. The normalized spacial score (nSPS) is 11.4. The van der Waals surface area contributed by atoms with Crippen LogP contribution in [0.3, 0.4) is 0 Å². The maximum Gasteiger partial charge on any atom is 0.422 e. The van der Waals surface area contributed by atoms with Gasteiger partial charge in [-0.15, -0.1) is 0 Å². The monoisotopic (exact) mass is 405 g/mol. The summed E-state index contributed by atoms with van der Waals surface area (Å²) in [4.78, 5) is 12.1. The number of benzene rings is 1. The van der Waals surface area contributed by atoms with Gasteiger partial charge in [0.15, 0.2) is 6.61 Å². The molecule has 9 heteroatoms. The molecule has 0 atom stereocenters. The minimum Gasteiger partial charge on any atom is -0.484 e. The minimum atomic E-state index is -4.43. The molecule has 0 aliphatic rings.